The highest BCUT2D eigenvalue weighted by Crippen LogP contribution is 2.14. The summed E-state index contributed by atoms with van der Waals surface area (Å²) in [5, 5.41) is 2.70. The van der Waals surface area contributed by atoms with Gasteiger partial charge in [0, 0.05) is 4.88 Å². The van der Waals surface area contributed by atoms with Gasteiger partial charge in [0.05, 0.1) is 24.6 Å². The molecule has 0 saturated heterocycles. The maximum absolute atomic E-state index is 11.3. The number of rotatable bonds is 4. The molecule has 1 aromatic rings. The molecular formula is C13H18N2O2S. The van der Waals surface area contributed by atoms with E-state index in [0.29, 0.717) is 25.6 Å². The standard InChI is InChI=1S/C13H18N2O2S/c1-10(2)9-17-13(16)15-8-12-6-5-11(18-12)4-3-7-14/h5-6,10H,7-9,14H2,1-2H3,(H,15,16). The summed E-state index contributed by atoms with van der Waals surface area (Å²) in [6, 6.07) is 3.86. The summed E-state index contributed by atoms with van der Waals surface area (Å²) in [5.41, 5.74) is 5.30. The van der Waals surface area contributed by atoms with Crippen LogP contribution in [0.15, 0.2) is 12.1 Å². The van der Waals surface area contributed by atoms with Crippen LogP contribution in [0.3, 0.4) is 0 Å². The Kier molecular flexibility index (Phi) is 6.26. The Hall–Kier alpha value is -1.51. The number of nitrogens with two attached hydrogens (primary N) is 1. The van der Waals surface area contributed by atoms with Crippen molar-refractivity contribution >= 4 is 17.4 Å². The normalized spacial score (nSPS) is 9.78. The van der Waals surface area contributed by atoms with Crippen LogP contribution in [-0.2, 0) is 11.3 Å². The average molecular weight is 266 g/mol. The first-order valence-electron chi connectivity index (χ1n) is 5.80. The molecule has 0 aliphatic rings. The maximum Gasteiger partial charge on any atom is 0.407 e. The van der Waals surface area contributed by atoms with E-state index in [1.165, 1.54) is 11.3 Å². The van der Waals surface area contributed by atoms with Gasteiger partial charge < -0.3 is 15.8 Å². The van der Waals surface area contributed by atoms with Gasteiger partial charge in [-0.3, -0.25) is 0 Å². The van der Waals surface area contributed by atoms with Gasteiger partial charge in [-0.15, -0.1) is 11.3 Å². The van der Waals surface area contributed by atoms with E-state index in [2.05, 4.69) is 17.2 Å². The molecular weight excluding hydrogens is 248 g/mol. The number of ether oxygens (including phenoxy) is 1. The highest BCUT2D eigenvalue weighted by atomic mass is 32.1. The van der Waals surface area contributed by atoms with Crippen LogP contribution < -0.4 is 11.1 Å². The number of amides is 1. The van der Waals surface area contributed by atoms with E-state index in [9.17, 15) is 4.79 Å². The molecule has 0 aliphatic carbocycles. The van der Waals surface area contributed by atoms with Crippen LogP contribution in [0.25, 0.3) is 0 Å². The van der Waals surface area contributed by atoms with Crippen LogP contribution in [-0.4, -0.2) is 19.2 Å². The molecule has 0 atom stereocenters. The van der Waals surface area contributed by atoms with Crippen molar-refractivity contribution in [1.29, 1.82) is 0 Å². The minimum Gasteiger partial charge on any atom is -0.449 e. The molecule has 1 rings (SSSR count). The average Bonchev–Trinajstić information content (AvgIpc) is 2.79. The summed E-state index contributed by atoms with van der Waals surface area (Å²) < 4.78 is 5.01. The van der Waals surface area contributed by atoms with Gasteiger partial charge in [-0.25, -0.2) is 4.79 Å². The molecule has 18 heavy (non-hydrogen) atoms. The second kappa shape index (κ2) is 7.75. The molecule has 0 unspecified atom stereocenters. The molecule has 0 spiro atoms. The molecule has 5 heteroatoms. The van der Waals surface area contributed by atoms with Gasteiger partial charge in [0.25, 0.3) is 0 Å². The molecule has 0 saturated carbocycles. The van der Waals surface area contributed by atoms with Crippen molar-refractivity contribution in [3.05, 3.63) is 21.9 Å². The van der Waals surface area contributed by atoms with Crippen molar-refractivity contribution in [2.75, 3.05) is 13.2 Å². The van der Waals surface area contributed by atoms with Crippen LogP contribution in [0, 0.1) is 17.8 Å². The van der Waals surface area contributed by atoms with Gasteiger partial charge in [0.15, 0.2) is 0 Å². The number of alkyl carbamates (subject to hydrolysis) is 1. The van der Waals surface area contributed by atoms with Gasteiger partial charge in [-0.05, 0) is 18.1 Å². The van der Waals surface area contributed by atoms with Gasteiger partial charge >= 0.3 is 6.09 Å². The first-order chi connectivity index (χ1) is 8.61. The zero-order valence-corrected chi connectivity index (χ0v) is 11.5. The lowest BCUT2D eigenvalue weighted by Gasteiger charge is -2.07. The molecule has 0 radical (unpaired) electrons. The van der Waals surface area contributed by atoms with Crippen molar-refractivity contribution in [2.24, 2.45) is 11.7 Å². The lowest BCUT2D eigenvalue weighted by molar-refractivity contribution is 0.132. The number of nitrogens with one attached hydrogen (secondary N) is 1. The monoisotopic (exact) mass is 266 g/mol. The number of carbonyl (C=O) groups is 1. The SMILES string of the molecule is CC(C)COC(=O)NCc1ccc(C#CCN)s1. The third kappa shape index (κ3) is 5.71. The quantitative estimate of drug-likeness (QED) is 0.819. The second-order valence-corrected chi connectivity index (χ2v) is 5.29. The summed E-state index contributed by atoms with van der Waals surface area (Å²) in [5.74, 6) is 6.09. The van der Waals surface area contributed by atoms with Gasteiger partial charge in [-0.2, -0.15) is 0 Å². The summed E-state index contributed by atoms with van der Waals surface area (Å²) in [6.45, 7) is 5.24. The van der Waals surface area contributed by atoms with Crippen molar-refractivity contribution in [1.82, 2.24) is 5.32 Å². The van der Waals surface area contributed by atoms with E-state index in [1.54, 1.807) is 0 Å². The second-order valence-electron chi connectivity index (χ2n) is 4.12. The van der Waals surface area contributed by atoms with E-state index in [1.807, 2.05) is 26.0 Å². The van der Waals surface area contributed by atoms with Gasteiger partial charge in [-0.1, -0.05) is 25.7 Å². The lowest BCUT2D eigenvalue weighted by atomic mass is 10.2. The molecule has 1 heterocycles. The van der Waals surface area contributed by atoms with Crippen molar-refractivity contribution in [2.45, 2.75) is 20.4 Å². The highest BCUT2D eigenvalue weighted by molar-refractivity contribution is 7.12. The fraction of sp³-hybridized carbons (Fsp3) is 0.462. The highest BCUT2D eigenvalue weighted by Gasteiger charge is 2.04. The first-order valence-corrected chi connectivity index (χ1v) is 6.61. The van der Waals surface area contributed by atoms with E-state index in [-0.39, 0.29) is 6.09 Å². The largest absolute Gasteiger partial charge is 0.449 e. The van der Waals surface area contributed by atoms with Crippen molar-refractivity contribution in [3.63, 3.8) is 0 Å². The Morgan fingerprint density at radius 2 is 2.33 bits per heavy atom. The van der Waals surface area contributed by atoms with Crippen molar-refractivity contribution in [3.8, 4) is 11.8 Å². The zero-order chi connectivity index (χ0) is 13.4. The Bertz CT molecular complexity index is 443. The molecule has 0 fully saturated rings. The summed E-state index contributed by atoms with van der Waals surface area (Å²) >= 11 is 1.54. The first kappa shape index (κ1) is 14.6. The Balaban J connectivity index is 2.35. The van der Waals surface area contributed by atoms with Crippen LogP contribution in [0.5, 0.6) is 0 Å². The minimum absolute atomic E-state index is 0.343. The number of thiophene rings is 1. The fourth-order valence-electron chi connectivity index (χ4n) is 1.13. The fourth-order valence-corrected chi connectivity index (χ4v) is 1.95. The topological polar surface area (TPSA) is 64.3 Å². The van der Waals surface area contributed by atoms with E-state index in [4.69, 9.17) is 10.5 Å². The van der Waals surface area contributed by atoms with E-state index < -0.39 is 0 Å². The summed E-state index contributed by atoms with van der Waals surface area (Å²) in [4.78, 5) is 13.3. The molecule has 1 amide bonds. The third-order valence-corrected chi connectivity index (χ3v) is 2.93. The number of hydrogen-bond acceptors (Lipinski definition) is 4. The minimum atomic E-state index is -0.383. The number of hydrogen-bond donors (Lipinski definition) is 2. The predicted molar refractivity (Wildman–Crippen MR) is 73.3 cm³/mol. The summed E-state index contributed by atoms with van der Waals surface area (Å²) in [6.07, 6.45) is -0.383. The summed E-state index contributed by atoms with van der Waals surface area (Å²) in [7, 11) is 0. The third-order valence-electron chi connectivity index (χ3n) is 1.93. The lowest BCUT2D eigenvalue weighted by Crippen LogP contribution is -2.24. The number of carbonyl (C=O) groups excluding carboxylic acids is 1. The van der Waals surface area contributed by atoms with Crippen LogP contribution in [0.2, 0.25) is 0 Å². The van der Waals surface area contributed by atoms with Gasteiger partial charge in [0.1, 0.15) is 0 Å². The Morgan fingerprint density at radius 3 is 3.00 bits per heavy atom. The molecule has 1 aromatic heterocycles. The molecule has 4 nitrogen and oxygen atoms in total. The van der Waals surface area contributed by atoms with E-state index in [0.717, 1.165) is 9.75 Å². The van der Waals surface area contributed by atoms with Crippen LogP contribution in [0.4, 0.5) is 4.79 Å². The van der Waals surface area contributed by atoms with Crippen molar-refractivity contribution < 1.29 is 9.53 Å². The van der Waals surface area contributed by atoms with E-state index >= 15 is 0 Å². The van der Waals surface area contributed by atoms with Crippen LogP contribution >= 0.6 is 11.3 Å². The molecule has 0 aromatic carbocycles. The van der Waals surface area contributed by atoms with Gasteiger partial charge in [0.2, 0.25) is 0 Å². The molecule has 3 N–H and O–H groups in total. The Labute approximate surface area is 112 Å². The molecule has 0 bridgehead atoms. The van der Waals surface area contributed by atoms with Crippen LogP contribution in [0.1, 0.15) is 23.6 Å². The zero-order valence-electron chi connectivity index (χ0n) is 10.7. The maximum atomic E-state index is 11.3. The molecule has 0 aliphatic heterocycles. The Morgan fingerprint density at radius 1 is 1.56 bits per heavy atom. The molecule has 98 valence electrons. The smallest absolute Gasteiger partial charge is 0.407 e. The predicted octanol–water partition coefficient (Wildman–Crippen LogP) is 1.94.